The van der Waals surface area contributed by atoms with Crippen molar-refractivity contribution in [1.82, 2.24) is 5.32 Å². The molecule has 1 aromatic rings. The lowest BCUT2D eigenvalue weighted by atomic mass is 10.1. The van der Waals surface area contributed by atoms with E-state index in [-0.39, 0.29) is 0 Å². The van der Waals surface area contributed by atoms with Crippen LogP contribution in [0.15, 0.2) is 29.2 Å². The third-order valence-electron chi connectivity index (χ3n) is 3.16. The molecule has 1 N–H and O–H groups in total. The van der Waals surface area contributed by atoms with Crippen molar-refractivity contribution >= 4 is 23.4 Å². The van der Waals surface area contributed by atoms with Crippen molar-refractivity contribution < 1.29 is 0 Å². The Kier molecular flexibility index (Phi) is 5.20. The van der Waals surface area contributed by atoms with E-state index in [1.54, 1.807) is 0 Å². The van der Waals surface area contributed by atoms with Crippen LogP contribution in [0, 0.1) is 0 Å². The summed E-state index contributed by atoms with van der Waals surface area (Å²) in [5, 5.41) is 4.55. The van der Waals surface area contributed by atoms with Crippen LogP contribution in [0.5, 0.6) is 0 Å². The first-order valence-electron chi connectivity index (χ1n) is 6.39. The van der Waals surface area contributed by atoms with Crippen molar-refractivity contribution in [3.8, 4) is 0 Å². The maximum atomic E-state index is 6.09. The number of hydrogen-bond acceptors (Lipinski definition) is 2. The fourth-order valence-corrected chi connectivity index (χ4v) is 3.49. The summed E-state index contributed by atoms with van der Waals surface area (Å²) in [6.07, 6.45) is 3.33. The molecule has 0 amide bonds. The molecule has 2 atom stereocenters. The molecule has 0 bridgehead atoms. The van der Waals surface area contributed by atoms with Gasteiger partial charge >= 0.3 is 0 Å². The largest absolute Gasteiger partial charge is 0.316 e. The summed E-state index contributed by atoms with van der Waals surface area (Å²) in [5.74, 6) is 0. The maximum absolute atomic E-state index is 6.09. The molecule has 94 valence electrons. The Hall–Kier alpha value is -0.180. The molecule has 17 heavy (non-hydrogen) atoms. The zero-order chi connectivity index (χ0) is 12.1. The van der Waals surface area contributed by atoms with Gasteiger partial charge < -0.3 is 5.32 Å². The van der Waals surface area contributed by atoms with Crippen LogP contribution in [0.4, 0.5) is 0 Å². The highest BCUT2D eigenvalue weighted by atomic mass is 35.5. The van der Waals surface area contributed by atoms with Gasteiger partial charge in [-0.15, -0.1) is 23.4 Å². The molecule has 0 radical (unpaired) electrons. The van der Waals surface area contributed by atoms with E-state index in [4.69, 9.17) is 11.6 Å². The summed E-state index contributed by atoms with van der Waals surface area (Å²) in [5.41, 5.74) is 1.51. The number of alkyl halides is 1. The number of benzene rings is 1. The fraction of sp³-hybridized carbons (Fsp3) is 0.571. The lowest BCUT2D eigenvalue weighted by molar-refractivity contribution is 0.612. The van der Waals surface area contributed by atoms with Crippen molar-refractivity contribution in [2.75, 3.05) is 13.1 Å². The van der Waals surface area contributed by atoms with Gasteiger partial charge in [-0.3, -0.25) is 0 Å². The van der Waals surface area contributed by atoms with E-state index < -0.39 is 0 Å². The van der Waals surface area contributed by atoms with Gasteiger partial charge in [-0.25, -0.2) is 0 Å². The minimum atomic E-state index is 0.330. The van der Waals surface area contributed by atoms with Crippen molar-refractivity contribution in [2.45, 2.75) is 41.7 Å². The van der Waals surface area contributed by atoms with E-state index in [9.17, 15) is 0 Å². The molecule has 0 aromatic heterocycles. The van der Waals surface area contributed by atoms with Crippen LogP contribution in [-0.2, 0) is 6.42 Å². The number of fused-ring (bicyclic) bond motifs is 1. The Morgan fingerprint density at radius 1 is 1.47 bits per heavy atom. The number of hydrogen-bond donors (Lipinski definition) is 1. The van der Waals surface area contributed by atoms with Gasteiger partial charge in [0.15, 0.2) is 0 Å². The highest BCUT2D eigenvalue weighted by Crippen LogP contribution is 2.36. The molecule has 0 fully saturated rings. The maximum Gasteiger partial charge on any atom is 0.0345 e. The monoisotopic (exact) mass is 269 g/mol. The minimum absolute atomic E-state index is 0.330. The first-order chi connectivity index (χ1) is 8.29. The van der Waals surface area contributed by atoms with Crippen LogP contribution in [0.2, 0.25) is 0 Å². The molecule has 1 heterocycles. The van der Waals surface area contributed by atoms with Crippen LogP contribution in [0.25, 0.3) is 0 Å². The molecule has 1 aliphatic heterocycles. The van der Waals surface area contributed by atoms with Gasteiger partial charge in [0.25, 0.3) is 0 Å². The molecule has 1 aromatic carbocycles. The third-order valence-corrected chi connectivity index (χ3v) is 5.01. The van der Waals surface area contributed by atoms with E-state index in [0.717, 1.165) is 25.9 Å². The predicted molar refractivity (Wildman–Crippen MR) is 77.2 cm³/mol. The van der Waals surface area contributed by atoms with E-state index in [2.05, 4.69) is 36.5 Å². The second kappa shape index (κ2) is 6.67. The molecule has 0 spiro atoms. The van der Waals surface area contributed by atoms with Crippen molar-refractivity contribution in [3.05, 3.63) is 29.8 Å². The van der Waals surface area contributed by atoms with Crippen LogP contribution in [0.1, 0.15) is 25.3 Å². The van der Waals surface area contributed by atoms with Crippen molar-refractivity contribution in [3.63, 3.8) is 0 Å². The fourth-order valence-electron chi connectivity index (χ4n) is 2.09. The zero-order valence-electron chi connectivity index (χ0n) is 10.3. The summed E-state index contributed by atoms with van der Waals surface area (Å²) in [4.78, 5) is 1.46. The first-order valence-corrected chi connectivity index (χ1v) is 7.70. The molecule has 2 unspecified atom stereocenters. The lowest BCUT2D eigenvalue weighted by Crippen LogP contribution is -2.26. The molecule has 3 heteroatoms. The standard InChI is InChI=1S/C14H20ClNS/c1-2-12(15)7-8-16-10-13-9-11-5-3-4-6-14(11)17-13/h3-6,12-13,16H,2,7-10H2,1H3. The minimum Gasteiger partial charge on any atom is -0.316 e. The molecule has 0 saturated carbocycles. The van der Waals surface area contributed by atoms with Gasteiger partial charge in [-0.2, -0.15) is 0 Å². The number of rotatable bonds is 6. The third kappa shape index (κ3) is 3.90. The Bertz CT molecular complexity index is 331. The van der Waals surface area contributed by atoms with Crippen LogP contribution in [0.3, 0.4) is 0 Å². The van der Waals surface area contributed by atoms with Gasteiger partial charge in [0, 0.05) is 22.1 Å². The van der Waals surface area contributed by atoms with Crippen molar-refractivity contribution in [1.29, 1.82) is 0 Å². The highest BCUT2D eigenvalue weighted by molar-refractivity contribution is 8.00. The van der Waals surface area contributed by atoms with Gasteiger partial charge in [-0.05, 0) is 37.4 Å². The highest BCUT2D eigenvalue weighted by Gasteiger charge is 2.20. The van der Waals surface area contributed by atoms with E-state index >= 15 is 0 Å². The van der Waals surface area contributed by atoms with E-state index in [0.29, 0.717) is 10.6 Å². The van der Waals surface area contributed by atoms with Crippen LogP contribution >= 0.6 is 23.4 Å². The molecular formula is C14H20ClNS. The number of thioether (sulfide) groups is 1. The topological polar surface area (TPSA) is 12.0 Å². The first kappa shape index (κ1) is 13.3. The Morgan fingerprint density at radius 2 is 2.29 bits per heavy atom. The molecule has 0 saturated heterocycles. The Labute approximate surface area is 113 Å². The van der Waals surface area contributed by atoms with Gasteiger partial charge in [-0.1, -0.05) is 25.1 Å². The molecule has 1 nitrogen and oxygen atoms in total. The second-order valence-corrected chi connectivity index (χ2v) is 6.51. The van der Waals surface area contributed by atoms with Crippen LogP contribution < -0.4 is 5.32 Å². The molecule has 0 aliphatic carbocycles. The second-order valence-electron chi connectivity index (χ2n) is 4.55. The molecular weight excluding hydrogens is 250 g/mol. The normalized spacial score (nSPS) is 20.2. The van der Waals surface area contributed by atoms with Gasteiger partial charge in [0.05, 0.1) is 0 Å². The van der Waals surface area contributed by atoms with Gasteiger partial charge in [0.2, 0.25) is 0 Å². The average Bonchev–Trinajstić information content (AvgIpc) is 2.76. The summed E-state index contributed by atoms with van der Waals surface area (Å²) in [6, 6.07) is 8.73. The average molecular weight is 270 g/mol. The van der Waals surface area contributed by atoms with Crippen LogP contribution in [-0.4, -0.2) is 23.7 Å². The summed E-state index contributed by atoms with van der Waals surface area (Å²) in [6.45, 7) is 4.27. The predicted octanol–water partition coefficient (Wildman–Crippen LogP) is 3.70. The number of halogens is 1. The Morgan fingerprint density at radius 3 is 3.06 bits per heavy atom. The molecule has 2 rings (SSSR count). The summed E-state index contributed by atoms with van der Waals surface area (Å²) < 4.78 is 0. The van der Waals surface area contributed by atoms with Gasteiger partial charge in [0.1, 0.15) is 0 Å². The van der Waals surface area contributed by atoms with Crippen molar-refractivity contribution in [2.24, 2.45) is 0 Å². The van der Waals surface area contributed by atoms with E-state index in [1.165, 1.54) is 16.9 Å². The Balaban J connectivity index is 1.67. The zero-order valence-corrected chi connectivity index (χ0v) is 11.9. The summed E-state index contributed by atoms with van der Waals surface area (Å²) in [7, 11) is 0. The smallest absolute Gasteiger partial charge is 0.0345 e. The quantitative estimate of drug-likeness (QED) is 0.624. The SMILES string of the molecule is CCC(Cl)CCNCC1Cc2ccccc2S1. The number of nitrogens with one attached hydrogen (secondary N) is 1. The molecule has 1 aliphatic rings. The summed E-state index contributed by atoms with van der Waals surface area (Å²) >= 11 is 8.09. The lowest BCUT2D eigenvalue weighted by Gasteiger charge is -2.11. The van der Waals surface area contributed by atoms with E-state index in [1.807, 2.05) is 11.8 Å².